The summed E-state index contributed by atoms with van der Waals surface area (Å²) in [5.41, 5.74) is 0. The zero-order chi connectivity index (χ0) is 22.6. The second-order valence-corrected chi connectivity index (χ2v) is 16.5. The van der Waals surface area contributed by atoms with Gasteiger partial charge in [0.25, 0.3) is 0 Å². The van der Waals surface area contributed by atoms with Crippen LogP contribution in [-0.2, 0) is 18.9 Å². The van der Waals surface area contributed by atoms with E-state index in [0.29, 0.717) is 11.9 Å². The van der Waals surface area contributed by atoms with E-state index in [-0.39, 0.29) is 15.0 Å². The minimum atomic E-state index is -1.61. The van der Waals surface area contributed by atoms with Gasteiger partial charge in [0.05, 0.1) is 0 Å². The van der Waals surface area contributed by atoms with Crippen LogP contribution in [0.4, 0.5) is 0 Å². The van der Waals surface area contributed by atoms with E-state index < -0.39 is 76.1 Å². The van der Waals surface area contributed by atoms with Crippen LogP contribution in [0, 0.1) is 0 Å². The molecule has 30 heavy (non-hydrogen) atoms. The number of aliphatic hydroxyl groups is 6. The first kappa shape index (κ1) is 26.6. The topological polar surface area (TPSA) is 158 Å². The molecule has 2 heterocycles. The Morgan fingerprint density at radius 2 is 1.43 bits per heavy atom. The van der Waals surface area contributed by atoms with Gasteiger partial charge in [-0.05, 0) is 0 Å². The Morgan fingerprint density at radius 1 is 0.833 bits per heavy atom. The molecule has 178 valence electrons. The monoisotopic (exact) mass is 520 g/mol. The van der Waals surface area contributed by atoms with E-state index in [4.69, 9.17) is 18.9 Å². The quantitative estimate of drug-likeness (QED) is 0.191. The first-order valence-corrected chi connectivity index (χ1v) is 16.7. The predicted molar refractivity (Wildman–Crippen MR) is 110 cm³/mol. The molecule has 0 saturated carbocycles. The average molecular weight is 520 g/mol. The molecular weight excluding hydrogens is 483 g/mol. The summed E-state index contributed by atoms with van der Waals surface area (Å²) in [6.45, 7) is 6.43. The molecule has 0 spiro atoms. The molecule has 2 fully saturated rings. The summed E-state index contributed by atoms with van der Waals surface area (Å²) in [5, 5.41) is 61.2. The van der Waals surface area contributed by atoms with Crippen molar-refractivity contribution in [2.45, 2.75) is 98.2 Å². The number of aliphatic hydroxyl groups excluding tert-OH is 6. The Kier molecular flexibility index (Phi) is 10.2. The average Bonchev–Trinajstić information content (AvgIpc) is 2.67. The van der Waals surface area contributed by atoms with Crippen LogP contribution in [0.5, 0.6) is 0 Å². The second kappa shape index (κ2) is 11.5. The molecule has 0 radical (unpaired) electrons. The van der Waals surface area contributed by atoms with Crippen molar-refractivity contribution >= 4 is 23.0 Å². The van der Waals surface area contributed by atoms with Crippen LogP contribution in [0.15, 0.2) is 0 Å². The third-order valence-corrected chi connectivity index (χ3v) is 8.34. The third-order valence-electron chi connectivity index (χ3n) is 5.25. The summed E-state index contributed by atoms with van der Waals surface area (Å²) < 4.78 is 22.7. The summed E-state index contributed by atoms with van der Waals surface area (Å²) in [6, 6.07) is 0.878. The number of rotatable bonds is 9. The van der Waals surface area contributed by atoms with Crippen LogP contribution >= 0.6 is 0 Å². The Morgan fingerprint density at radius 3 is 2.00 bits per heavy atom. The zero-order valence-corrected chi connectivity index (χ0v) is 20.5. The predicted octanol–water partition coefficient (Wildman–Crippen LogP) is -1.86. The van der Waals surface area contributed by atoms with Crippen LogP contribution in [0.1, 0.15) is 0 Å². The molecule has 0 unspecified atom stereocenters. The van der Waals surface area contributed by atoms with Gasteiger partial charge in [-0.3, -0.25) is 0 Å². The van der Waals surface area contributed by atoms with Gasteiger partial charge in [-0.25, -0.2) is 0 Å². The molecule has 10 nitrogen and oxygen atoms in total. The standard InChI is InChI=1S/C18H36O10SeSi/c1-29-8-10-16(28-18-14(23)12(21)11(20)9(7-19)26-18)13(22)15(24)17(27-10)25-5-6-30(2,3)4/h9-24H,5-8H2,1-4H3/t9-,10-,11+,12+,13-,14-,15-,16-,17-,18+/m1/s1. The van der Waals surface area contributed by atoms with Crippen molar-refractivity contribution in [3.8, 4) is 0 Å². The van der Waals surface area contributed by atoms with E-state index >= 15 is 0 Å². The van der Waals surface area contributed by atoms with Crippen molar-refractivity contribution in [2.24, 2.45) is 0 Å². The summed E-state index contributed by atoms with van der Waals surface area (Å²) in [5.74, 6) is 1.99. The van der Waals surface area contributed by atoms with Crippen molar-refractivity contribution in [1.82, 2.24) is 0 Å². The molecule has 2 saturated heterocycles. The summed E-state index contributed by atoms with van der Waals surface area (Å²) in [6.07, 6.45) is -12.7. The fourth-order valence-electron chi connectivity index (χ4n) is 3.33. The molecule has 0 aromatic heterocycles. The van der Waals surface area contributed by atoms with Crippen molar-refractivity contribution < 1.29 is 49.6 Å². The van der Waals surface area contributed by atoms with Crippen LogP contribution in [0.2, 0.25) is 36.8 Å². The SMILES string of the molecule is C[Se]C[C@H]1O[C@@H](OCC[Si](C)(C)C)[C@H](O)[C@@H](O)[C@@H]1O[C@@H]1O[C@H](CO)[C@H](O)[C@H](O)[C@H]1O. The molecule has 10 atom stereocenters. The van der Waals surface area contributed by atoms with Crippen LogP contribution in [-0.4, -0.2) is 128 Å². The molecule has 2 aliphatic heterocycles. The fraction of sp³-hybridized carbons (Fsp3) is 1.00. The maximum absolute atomic E-state index is 10.7. The zero-order valence-electron chi connectivity index (χ0n) is 17.8. The van der Waals surface area contributed by atoms with E-state index in [2.05, 4.69) is 19.6 Å². The van der Waals surface area contributed by atoms with Gasteiger partial charge in [-0.1, -0.05) is 0 Å². The van der Waals surface area contributed by atoms with E-state index in [1.54, 1.807) is 0 Å². The van der Waals surface area contributed by atoms with Crippen LogP contribution in [0.3, 0.4) is 0 Å². The molecule has 0 bridgehead atoms. The van der Waals surface area contributed by atoms with Gasteiger partial charge in [-0.2, -0.15) is 0 Å². The van der Waals surface area contributed by atoms with E-state index in [0.717, 1.165) is 6.04 Å². The summed E-state index contributed by atoms with van der Waals surface area (Å²) in [7, 11) is -1.34. The van der Waals surface area contributed by atoms with Gasteiger partial charge < -0.3 is 0 Å². The minimum absolute atomic E-state index is 0.145. The van der Waals surface area contributed by atoms with Gasteiger partial charge in [0.2, 0.25) is 0 Å². The maximum atomic E-state index is 10.7. The number of hydrogen-bond donors (Lipinski definition) is 6. The van der Waals surface area contributed by atoms with Gasteiger partial charge >= 0.3 is 184 Å². The molecule has 0 aromatic rings. The second-order valence-electron chi connectivity index (χ2n) is 8.96. The molecular formula is C18H36O10SeSi. The Labute approximate surface area is 184 Å². The first-order valence-electron chi connectivity index (χ1n) is 10.1. The molecule has 6 N–H and O–H groups in total. The molecule has 2 rings (SSSR count). The van der Waals surface area contributed by atoms with Gasteiger partial charge in [-0.15, -0.1) is 0 Å². The fourth-order valence-corrected chi connectivity index (χ4v) is 5.31. The Hall–Kier alpha value is 0.336. The third kappa shape index (κ3) is 6.67. The van der Waals surface area contributed by atoms with Crippen molar-refractivity contribution in [3.05, 3.63) is 0 Å². The molecule has 12 heteroatoms. The van der Waals surface area contributed by atoms with Crippen molar-refractivity contribution in [2.75, 3.05) is 13.2 Å². The normalized spacial score (nSPS) is 43.0. The molecule has 0 aliphatic carbocycles. The number of hydrogen-bond acceptors (Lipinski definition) is 10. The summed E-state index contributed by atoms with van der Waals surface area (Å²) >= 11 is 0.145. The van der Waals surface area contributed by atoms with Gasteiger partial charge in [0, 0.05) is 0 Å². The van der Waals surface area contributed by atoms with E-state index in [1.165, 1.54) is 0 Å². The van der Waals surface area contributed by atoms with Crippen LogP contribution in [0.25, 0.3) is 0 Å². The van der Waals surface area contributed by atoms with Crippen molar-refractivity contribution in [1.29, 1.82) is 0 Å². The van der Waals surface area contributed by atoms with Crippen LogP contribution < -0.4 is 0 Å². The van der Waals surface area contributed by atoms with Crippen molar-refractivity contribution in [3.63, 3.8) is 0 Å². The summed E-state index contributed by atoms with van der Waals surface area (Å²) in [4.78, 5) is 0. The molecule has 0 amide bonds. The van der Waals surface area contributed by atoms with E-state index in [1.807, 2.05) is 5.82 Å². The van der Waals surface area contributed by atoms with Gasteiger partial charge in [0.1, 0.15) is 0 Å². The Bertz CT molecular complexity index is 522. The van der Waals surface area contributed by atoms with Gasteiger partial charge in [0.15, 0.2) is 0 Å². The molecule has 0 aromatic carbocycles. The first-order chi connectivity index (χ1) is 14.0. The van der Waals surface area contributed by atoms with E-state index in [9.17, 15) is 30.6 Å². The Balaban J connectivity index is 2.07. The molecule has 2 aliphatic rings. The number of ether oxygens (including phenoxy) is 4.